The zero-order valence-electron chi connectivity index (χ0n) is 6.74. The fourth-order valence-corrected chi connectivity index (χ4v) is 1.71. The predicted molar refractivity (Wildman–Crippen MR) is 48.5 cm³/mol. The zero-order chi connectivity index (χ0) is 8.97. The number of hydrogen-bond donors (Lipinski definition) is 3. The van der Waals surface area contributed by atoms with E-state index in [4.69, 9.17) is 5.21 Å². The summed E-state index contributed by atoms with van der Waals surface area (Å²) in [4.78, 5) is 0.805. The van der Waals surface area contributed by atoms with Gasteiger partial charge in [-0.1, -0.05) is 12.1 Å². The van der Waals surface area contributed by atoms with Gasteiger partial charge in [-0.2, -0.15) is 0 Å². The largest absolute Gasteiger partial charge is 0.507 e. The topological polar surface area (TPSA) is 52.5 Å². The second-order valence-corrected chi connectivity index (χ2v) is 3.12. The first-order chi connectivity index (χ1) is 5.79. The molecule has 1 rings (SSSR count). The first kappa shape index (κ1) is 9.38. The molecule has 0 saturated carbocycles. The maximum Gasteiger partial charge on any atom is 0.129 e. The van der Waals surface area contributed by atoms with E-state index < -0.39 is 0 Å². The summed E-state index contributed by atoms with van der Waals surface area (Å²) in [5.74, 6) is 0.259. The van der Waals surface area contributed by atoms with Crippen LogP contribution in [0, 0.1) is 0 Å². The van der Waals surface area contributed by atoms with Gasteiger partial charge in [0, 0.05) is 6.54 Å². The molecular formula is C8H11NO2S. The molecule has 0 aliphatic heterocycles. The number of hydrogen-bond acceptors (Lipinski definition) is 4. The molecule has 0 amide bonds. The molecule has 0 unspecified atom stereocenters. The smallest absolute Gasteiger partial charge is 0.129 e. The van der Waals surface area contributed by atoms with Crippen molar-refractivity contribution in [1.29, 1.82) is 0 Å². The van der Waals surface area contributed by atoms with Gasteiger partial charge in [-0.15, -0.1) is 11.8 Å². The first-order valence-corrected chi connectivity index (χ1v) is 4.74. The lowest BCUT2D eigenvalue weighted by Gasteiger charge is -2.07. The van der Waals surface area contributed by atoms with E-state index in [0.29, 0.717) is 6.54 Å². The maximum absolute atomic E-state index is 9.39. The van der Waals surface area contributed by atoms with E-state index in [0.717, 1.165) is 10.5 Å². The summed E-state index contributed by atoms with van der Waals surface area (Å²) in [7, 11) is 0. The Labute approximate surface area is 75.4 Å². The van der Waals surface area contributed by atoms with Gasteiger partial charge in [0.05, 0.1) is 4.90 Å². The summed E-state index contributed by atoms with van der Waals surface area (Å²) in [6.45, 7) is 0.352. The van der Waals surface area contributed by atoms with Gasteiger partial charge in [0.25, 0.3) is 0 Å². The summed E-state index contributed by atoms with van der Waals surface area (Å²) >= 11 is 1.46. The Morgan fingerprint density at radius 3 is 2.83 bits per heavy atom. The van der Waals surface area contributed by atoms with Crippen molar-refractivity contribution in [3.05, 3.63) is 23.8 Å². The summed E-state index contributed by atoms with van der Waals surface area (Å²) in [6, 6.07) is 5.24. The Balaban J connectivity index is 3.00. The molecule has 3 nitrogen and oxygen atoms in total. The van der Waals surface area contributed by atoms with Gasteiger partial charge in [0.15, 0.2) is 0 Å². The first-order valence-electron chi connectivity index (χ1n) is 3.51. The fourth-order valence-electron chi connectivity index (χ4n) is 1.03. The molecule has 1 aromatic carbocycles. The minimum Gasteiger partial charge on any atom is -0.507 e. The Kier molecular flexibility index (Phi) is 3.40. The van der Waals surface area contributed by atoms with Gasteiger partial charge >= 0.3 is 0 Å². The van der Waals surface area contributed by atoms with Crippen LogP contribution in [0.5, 0.6) is 5.75 Å². The van der Waals surface area contributed by atoms with Gasteiger partial charge in [0.2, 0.25) is 0 Å². The Morgan fingerprint density at radius 2 is 2.25 bits per heavy atom. The van der Waals surface area contributed by atoms with E-state index in [1.165, 1.54) is 11.8 Å². The van der Waals surface area contributed by atoms with Crippen molar-refractivity contribution in [2.75, 3.05) is 6.26 Å². The van der Waals surface area contributed by atoms with Gasteiger partial charge in [-0.05, 0) is 17.9 Å². The van der Waals surface area contributed by atoms with Crippen molar-refractivity contribution in [1.82, 2.24) is 5.48 Å². The highest BCUT2D eigenvalue weighted by atomic mass is 32.2. The van der Waals surface area contributed by atoms with Crippen LogP contribution in [0.1, 0.15) is 5.56 Å². The maximum atomic E-state index is 9.39. The van der Waals surface area contributed by atoms with E-state index in [-0.39, 0.29) is 5.75 Å². The quantitative estimate of drug-likeness (QED) is 0.494. The van der Waals surface area contributed by atoms with Crippen molar-refractivity contribution in [2.24, 2.45) is 0 Å². The van der Waals surface area contributed by atoms with Gasteiger partial charge in [-0.3, -0.25) is 0 Å². The van der Waals surface area contributed by atoms with Crippen LogP contribution in [0.3, 0.4) is 0 Å². The molecule has 0 aliphatic carbocycles. The third kappa shape index (κ3) is 1.91. The lowest BCUT2D eigenvalue weighted by Crippen LogP contribution is -2.06. The summed E-state index contributed by atoms with van der Waals surface area (Å²) in [5.41, 5.74) is 2.96. The van der Waals surface area contributed by atoms with Crippen LogP contribution >= 0.6 is 11.8 Å². The summed E-state index contributed by atoms with van der Waals surface area (Å²) < 4.78 is 0. The Bertz CT molecular complexity index is 265. The average molecular weight is 185 g/mol. The van der Waals surface area contributed by atoms with Gasteiger partial charge < -0.3 is 10.3 Å². The van der Waals surface area contributed by atoms with E-state index in [1.807, 2.05) is 12.3 Å². The summed E-state index contributed by atoms with van der Waals surface area (Å²) in [6.07, 6.45) is 1.88. The molecule has 0 heterocycles. The van der Waals surface area contributed by atoms with Gasteiger partial charge in [-0.25, -0.2) is 5.48 Å². The van der Waals surface area contributed by atoms with E-state index >= 15 is 0 Å². The van der Waals surface area contributed by atoms with Crippen molar-refractivity contribution in [3.63, 3.8) is 0 Å². The molecule has 0 spiro atoms. The molecule has 0 fully saturated rings. The number of phenols is 1. The number of nitrogens with one attached hydrogen (secondary N) is 1. The van der Waals surface area contributed by atoms with Crippen molar-refractivity contribution in [2.45, 2.75) is 11.4 Å². The molecule has 0 saturated heterocycles. The molecule has 12 heavy (non-hydrogen) atoms. The predicted octanol–water partition coefficient (Wildman–Crippen LogP) is 1.59. The molecule has 4 heteroatoms. The van der Waals surface area contributed by atoms with Crippen LogP contribution in [0.2, 0.25) is 0 Å². The average Bonchev–Trinajstić information content (AvgIpc) is 2.05. The van der Waals surface area contributed by atoms with Crippen LogP contribution < -0.4 is 5.48 Å². The molecule has 1 aromatic rings. The number of hydroxylamine groups is 1. The van der Waals surface area contributed by atoms with Crippen LogP contribution in [0.15, 0.2) is 23.1 Å². The summed E-state index contributed by atoms with van der Waals surface area (Å²) in [5, 5.41) is 17.9. The van der Waals surface area contributed by atoms with Crippen molar-refractivity contribution in [3.8, 4) is 5.75 Å². The third-order valence-electron chi connectivity index (χ3n) is 1.55. The SMILES string of the molecule is CSc1c(O)cccc1CNO. The number of phenolic OH excluding ortho intramolecular Hbond substituents is 1. The fraction of sp³-hybridized carbons (Fsp3) is 0.250. The molecule has 0 radical (unpaired) electrons. The van der Waals surface area contributed by atoms with E-state index in [9.17, 15) is 5.11 Å². The number of aromatic hydroxyl groups is 1. The Morgan fingerprint density at radius 1 is 1.50 bits per heavy atom. The van der Waals surface area contributed by atoms with Crippen LogP contribution in [0.25, 0.3) is 0 Å². The molecule has 0 aromatic heterocycles. The number of rotatable bonds is 3. The van der Waals surface area contributed by atoms with E-state index in [2.05, 4.69) is 5.48 Å². The minimum atomic E-state index is 0.259. The molecule has 0 atom stereocenters. The second kappa shape index (κ2) is 4.35. The zero-order valence-corrected chi connectivity index (χ0v) is 7.56. The molecular weight excluding hydrogens is 174 g/mol. The second-order valence-electron chi connectivity index (χ2n) is 2.30. The van der Waals surface area contributed by atoms with Crippen LogP contribution in [-0.4, -0.2) is 16.6 Å². The Hall–Kier alpha value is -0.710. The molecule has 0 aliphatic rings. The standard InChI is InChI=1S/C8H11NO2S/c1-12-8-6(5-9-11)3-2-4-7(8)10/h2-4,9-11H,5H2,1H3. The monoisotopic (exact) mass is 185 g/mol. The number of benzene rings is 1. The van der Waals surface area contributed by atoms with Gasteiger partial charge in [0.1, 0.15) is 5.75 Å². The van der Waals surface area contributed by atoms with Crippen molar-refractivity contribution < 1.29 is 10.3 Å². The highest BCUT2D eigenvalue weighted by molar-refractivity contribution is 7.98. The lowest BCUT2D eigenvalue weighted by molar-refractivity contribution is 0.160. The molecule has 66 valence electrons. The van der Waals surface area contributed by atoms with Crippen LogP contribution in [-0.2, 0) is 6.54 Å². The van der Waals surface area contributed by atoms with Crippen LogP contribution in [0.4, 0.5) is 0 Å². The van der Waals surface area contributed by atoms with E-state index in [1.54, 1.807) is 12.1 Å². The highest BCUT2D eigenvalue weighted by Crippen LogP contribution is 2.29. The molecule has 3 N–H and O–H groups in total. The number of thioether (sulfide) groups is 1. The molecule has 0 bridgehead atoms. The van der Waals surface area contributed by atoms with Crippen molar-refractivity contribution >= 4 is 11.8 Å². The lowest BCUT2D eigenvalue weighted by atomic mass is 10.2. The normalized spacial score (nSPS) is 10.2. The minimum absolute atomic E-state index is 0.259. The highest BCUT2D eigenvalue weighted by Gasteiger charge is 2.04. The third-order valence-corrected chi connectivity index (χ3v) is 2.43.